The Morgan fingerprint density at radius 3 is 3.10 bits per heavy atom. The average molecular weight is 276 g/mol. The molecule has 20 heavy (non-hydrogen) atoms. The van der Waals surface area contributed by atoms with Crippen LogP contribution in [0, 0.1) is 11.8 Å². The number of imidazole rings is 1. The average Bonchev–Trinajstić information content (AvgIpc) is 2.93. The minimum absolute atomic E-state index is 0.0860. The van der Waals surface area contributed by atoms with E-state index in [1.165, 1.54) is 0 Å². The summed E-state index contributed by atoms with van der Waals surface area (Å²) in [4.78, 5) is 19.0. The quantitative estimate of drug-likeness (QED) is 0.887. The molecule has 5 heteroatoms. The van der Waals surface area contributed by atoms with Crippen LogP contribution in [0.15, 0.2) is 12.4 Å². The largest absolute Gasteiger partial charge is 0.333 e. The molecule has 1 aromatic heterocycles. The monoisotopic (exact) mass is 276 g/mol. The molecule has 3 rings (SSSR count). The van der Waals surface area contributed by atoms with Gasteiger partial charge in [0.2, 0.25) is 5.91 Å². The number of hydrogen-bond acceptors (Lipinski definition) is 3. The molecule has 0 bridgehead atoms. The molecule has 2 N–H and O–H groups in total. The molecule has 3 atom stereocenters. The maximum atomic E-state index is 12.7. The van der Waals surface area contributed by atoms with Crippen LogP contribution in [0.1, 0.15) is 38.4 Å². The summed E-state index contributed by atoms with van der Waals surface area (Å²) in [7, 11) is 0. The van der Waals surface area contributed by atoms with Crippen molar-refractivity contribution in [1.29, 1.82) is 0 Å². The van der Waals surface area contributed by atoms with Crippen molar-refractivity contribution in [2.75, 3.05) is 6.54 Å². The molecular formula is C15H24N4O. The van der Waals surface area contributed by atoms with Crippen LogP contribution in [-0.2, 0) is 17.9 Å². The predicted molar refractivity (Wildman–Crippen MR) is 76.7 cm³/mol. The molecule has 1 saturated carbocycles. The van der Waals surface area contributed by atoms with Crippen molar-refractivity contribution >= 4 is 5.91 Å². The van der Waals surface area contributed by atoms with Crippen LogP contribution in [0.4, 0.5) is 0 Å². The van der Waals surface area contributed by atoms with Crippen molar-refractivity contribution in [2.45, 2.75) is 51.7 Å². The van der Waals surface area contributed by atoms with E-state index >= 15 is 0 Å². The summed E-state index contributed by atoms with van der Waals surface area (Å²) in [5.74, 6) is 1.81. The maximum Gasteiger partial charge on any atom is 0.226 e. The topological polar surface area (TPSA) is 64.2 Å². The van der Waals surface area contributed by atoms with E-state index in [9.17, 15) is 4.79 Å². The van der Waals surface area contributed by atoms with E-state index < -0.39 is 0 Å². The van der Waals surface area contributed by atoms with Gasteiger partial charge >= 0.3 is 0 Å². The SMILES string of the molecule is CC(C(=O)N1CCn2ccnc2C1)C1CCCC(N)C1. The third-order valence-electron chi connectivity index (χ3n) is 4.91. The molecule has 0 aromatic carbocycles. The fourth-order valence-electron chi connectivity index (χ4n) is 3.57. The van der Waals surface area contributed by atoms with E-state index in [-0.39, 0.29) is 17.9 Å². The second kappa shape index (κ2) is 5.56. The van der Waals surface area contributed by atoms with Crippen molar-refractivity contribution in [3.05, 3.63) is 18.2 Å². The van der Waals surface area contributed by atoms with E-state index in [1.54, 1.807) is 0 Å². The molecule has 2 aliphatic rings. The van der Waals surface area contributed by atoms with E-state index in [0.717, 1.165) is 44.6 Å². The summed E-state index contributed by atoms with van der Waals surface area (Å²) in [6.07, 6.45) is 8.21. The second-order valence-corrected chi connectivity index (χ2v) is 6.27. The Bertz CT molecular complexity index is 484. The highest BCUT2D eigenvalue weighted by Crippen LogP contribution is 2.31. The lowest BCUT2D eigenvalue weighted by Gasteiger charge is -2.35. The van der Waals surface area contributed by atoms with Gasteiger partial charge < -0.3 is 15.2 Å². The number of nitrogens with zero attached hydrogens (tertiary/aromatic N) is 3. The van der Waals surface area contributed by atoms with Gasteiger partial charge in [-0.25, -0.2) is 4.98 Å². The number of fused-ring (bicyclic) bond motifs is 1. The van der Waals surface area contributed by atoms with E-state index in [1.807, 2.05) is 17.3 Å². The van der Waals surface area contributed by atoms with Gasteiger partial charge in [-0.05, 0) is 25.2 Å². The van der Waals surface area contributed by atoms with Crippen LogP contribution < -0.4 is 5.73 Å². The van der Waals surface area contributed by atoms with Crippen molar-refractivity contribution < 1.29 is 4.79 Å². The molecule has 0 radical (unpaired) electrons. The first kappa shape index (κ1) is 13.6. The minimum Gasteiger partial charge on any atom is -0.333 e. The Hall–Kier alpha value is -1.36. The highest BCUT2D eigenvalue weighted by atomic mass is 16.2. The summed E-state index contributed by atoms with van der Waals surface area (Å²) < 4.78 is 2.13. The Morgan fingerprint density at radius 1 is 1.45 bits per heavy atom. The molecule has 0 saturated heterocycles. The second-order valence-electron chi connectivity index (χ2n) is 6.27. The fraction of sp³-hybridized carbons (Fsp3) is 0.733. The Labute approximate surface area is 120 Å². The summed E-state index contributed by atoms with van der Waals surface area (Å²) in [5.41, 5.74) is 6.05. The lowest BCUT2D eigenvalue weighted by atomic mass is 9.78. The number of carbonyl (C=O) groups excluding carboxylic acids is 1. The van der Waals surface area contributed by atoms with E-state index in [0.29, 0.717) is 12.5 Å². The van der Waals surface area contributed by atoms with Gasteiger partial charge in [0, 0.05) is 37.4 Å². The molecular weight excluding hydrogens is 252 g/mol. The Morgan fingerprint density at radius 2 is 2.30 bits per heavy atom. The highest BCUT2D eigenvalue weighted by Gasteiger charge is 2.32. The molecule has 1 aromatic rings. The predicted octanol–water partition coefficient (Wildman–Crippen LogP) is 1.38. The van der Waals surface area contributed by atoms with Gasteiger partial charge in [0.15, 0.2) is 0 Å². The summed E-state index contributed by atoms with van der Waals surface area (Å²) >= 11 is 0. The van der Waals surface area contributed by atoms with Gasteiger partial charge in [0.05, 0.1) is 6.54 Å². The highest BCUT2D eigenvalue weighted by molar-refractivity contribution is 5.78. The third kappa shape index (κ3) is 2.59. The molecule has 0 spiro atoms. The molecule has 2 heterocycles. The standard InChI is InChI=1S/C15H24N4O/c1-11(12-3-2-4-13(16)9-12)15(20)19-8-7-18-6-5-17-14(18)10-19/h5-6,11-13H,2-4,7-10,16H2,1H3. The van der Waals surface area contributed by atoms with Crippen LogP contribution in [0.2, 0.25) is 0 Å². The summed E-state index contributed by atoms with van der Waals surface area (Å²) in [5, 5.41) is 0. The lowest BCUT2D eigenvalue weighted by molar-refractivity contribution is -0.138. The lowest BCUT2D eigenvalue weighted by Crippen LogP contribution is -2.44. The summed E-state index contributed by atoms with van der Waals surface area (Å²) in [6.45, 7) is 4.38. The molecule has 3 unspecified atom stereocenters. The van der Waals surface area contributed by atoms with E-state index in [2.05, 4.69) is 16.5 Å². The van der Waals surface area contributed by atoms with Crippen LogP contribution in [0.3, 0.4) is 0 Å². The van der Waals surface area contributed by atoms with Crippen LogP contribution >= 0.6 is 0 Å². The van der Waals surface area contributed by atoms with Crippen molar-refractivity contribution in [3.63, 3.8) is 0 Å². The van der Waals surface area contributed by atoms with Crippen LogP contribution in [0.5, 0.6) is 0 Å². The van der Waals surface area contributed by atoms with Crippen LogP contribution in [0.25, 0.3) is 0 Å². The number of nitrogens with two attached hydrogens (primary N) is 1. The fourth-order valence-corrected chi connectivity index (χ4v) is 3.57. The molecule has 110 valence electrons. The zero-order valence-electron chi connectivity index (χ0n) is 12.2. The molecule has 1 fully saturated rings. The van der Waals surface area contributed by atoms with Gasteiger partial charge in [-0.1, -0.05) is 13.3 Å². The van der Waals surface area contributed by atoms with Gasteiger partial charge in [0.25, 0.3) is 0 Å². The van der Waals surface area contributed by atoms with Crippen LogP contribution in [-0.4, -0.2) is 32.9 Å². The Balaban J connectivity index is 1.64. The summed E-state index contributed by atoms with van der Waals surface area (Å²) in [6, 6.07) is 0.282. The molecule has 1 amide bonds. The number of rotatable bonds is 2. The smallest absolute Gasteiger partial charge is 0.226 e. The maximum absolute atomic E-state index is 12.7. The van der Waals surface area contributed by atoms with Crippen molar-refractivity contribution in [2.24, 2.45) is 17.6 Å². The van der Waals surface area contributed by atoms with Gasteiger partial charge in [-0.2, -0.15) is 0 Å². The third-order valence-corrected chi connectivity index (χ3v) is 4.91. The number of carbonyl (C=O) groups is 1. The van der Waals surface area contributed by atoms with Gasteiger partial charge in [-0.3, -0.25) is 4.79 Å². The Kier molecular flexibility index (Phi) is 3.78. The number of aromatic nitrogens is 2. The van der Waals surface area contributed by atoms with E-state index in [4.69, 9.17) is 5.73 Å². The normalized spacial score (nSPS) is 28.0. The number of hydrogen-bond donors (Lipinski definition) is 1. The molecule has 5 nitrogen and oxygen atoms in total. The molecule has 1 aliphatic carbocycles. The number of amides is 1. The molecule has 1 aliphatic heterocycles. The first-order valence-corrected chi connectivity index (χ1v) is 7.69. The van der Waals surface area contributed by atoms with Gasteiger partial charge in [0.1, 0.15) is 5.82 Å². The zero-order valence-corrected chi connectivity index (χ0v) is 12.2. The zero-order chi connectivity index (χ0) is 14.1. The van der Waals surface area contributed by atoms with Crippen molar-refractivity contribution in [3.8, 4) is 0 Å². The first-order chi connectivity index (χ1) is 9.65. The first-order valence-electron chi connectivity index (χ1n) is 7.69. The van der Waals surface area contributed by atoms with Crippen molar-refractivity contribution in [1.82, 2.24) is 14.5 Å². The minimum atomic E-state index is 0.0860. The van der Waals surface area contributed by atoms with Gasteiger partial charge in [-0.15, -0.1) is 0 Å².